The maximum atomic E-state index is 13.7. The van der Waals surface area contributed by atoms with Crippen LogP contribution < -0.4 is 11.1 Å². The second-order valence-electron chi connectivity index (χ2n) is 4.27. The quantitative estimate of drug-likeness (QED) is 0.825. The highest BCUT2D eigenvalue weighted by Gasteiger charge is 2.10. The van der Waals surface area contributed by atoms with E-state index >= 15 is 0 Å². The molecule has 0 spiro atoms. The van der Waals surface area contributed by atoms with Gasteiger partial charge in [-0.2, -0.15) is 0 Å². The van der Waals surface area contributed by atoms with Crippen molar-refractivity contribution in [3.8, 4) is 0 Å². The number of nitrogens with one attached hydrogen (secondary N) is 1. The van der Waals surface area contributed by atoms with Gasteiger partial charge < -0.3 is 11.1 Å². The smallest absolute Gasteiger partial charge is 0.175 e. The largest absolute Gasteiger partial charge is 0.397 e. The summed E-state index contributed by atoms with van der Waals surface area (Å²) in [6, 6.07) is 8.84. The monoisotopic (exact) mass is 358 g/mol. The molecule has 106 valence electrons. The highest BCUT2D eigenvalue weighted by molar-refractivity contribution is 9.10. The number of hydrogen-bond donors (Lipinski definition) is 2. The average Bonchev–Trinajstić information content (AvgIpc) is 2.33. The fraction of sp³-hybridized carbons (Fsp3) is 0.0769. The fourth-order valence-corrected chi connectivity index (χ4v) is 2.61. The number of nitrogen functional groups attached to an aromatic ring is 1. The van der Waals surface area contributed by atoms with Crippen molar-refractivity contribution in [2.45, 2.75) is 4.90 Å². The fourth-order valence-electron chi connectivity index (χ4n) is 1.62. The highest BCUT2D eigenvalue weighted by Crippen LogP contribution is 2.28. The van der Waals surface area contributed by atoms with Crippen LogP contribution in [-0.4, -0.2) is 14.7 Å². The van der Waals surface area contributed by atoms with E-state index in [1.807, 2.05) is 0 Å². The van der Waals surface area contributed by atoms with Gasteiger partial charge in [-0.1, -0.05) is 15.9 Å². The molecule has 0 heterocycles. The SMILES string of the molecule is CS(=O)(=O)c1ccc(Nc2ccc(Br)cc2F)c(N)c1. The minimum Gasteiger partial charge on any atom is -0.397 e. The van der Waals surface area contributed by atoms with Crippen LogP contribution in [0.4, 0.5) is 21.5 Å². The van der Waals surface area contributed by atoms with E-state index in [1.165, 1.54) is 24.3 Å². The van der Waals surface area contributed by atoms with Crippen LogP contribution >= 0.6 is 15.9 Å². The summed E-state index contributed by atoms with van der Waals surface area (Å²) in [7, 11) is -3.32. The van der Waals surface area contributed by atoms with Crippen molar-refractivity contribution in [3.05, 3.63) is 46.7 Å². The van der Waals surface area contributed by atoms with Gasteiger partial charge in [0, 0.05) is 10.7 Å². The van der Waals surface area contributed by atoms with Crippen molar-refractivity contribution in [2.24, 2.45) is 0 Å². The van der Waals surface area contributed by atoms with Gasteiger partial charge in [0.05, 0.1) is 22.0 Å². The summed E-state index contributed by atoms with van der Waals surface area (Å²) in [4.78, 5) is 0.122. The second kappa shape index (κ2) is 5.41. The molecule has 2 aromatic rings. The maximum absolute atomic E-state index is 13.7. The summed E-state index contributed by atoms with van der Waals surface area (Å²) in [5, 5.41) is 2.83. The number of hydrogen-bond acceptors (Lipinski definition) is 4. The summed E-state index contributed by atoms with van der Waals surface area (Å²) in [6.07, 6.45) is 1.10. The average molecular weight is 359 g/mol. The van der Waals surface area contributed by atoms with Crippen molar-refractivity contribution >= 4 is 42.8 Å². The first-order chi connectivity index (χ1) is 9.27. The third-order valence-corrected chi connectivity index (χ3v) is 4.26. The predicted octanol–water partition coefficient (Wildman–Crippen LogP) is 3.32. The predicted molar refractivity (Wildman–Crippen MR) is 81.3 cm³/mol. The summed E-state index contributed by atoms with van der Waals surface area (Å²) in [6.45, 7) is 0. The molecular weight excluding hydrogens is 347 g/mol. The molecule has 0 atom stereocenters. The molecule has 0 bridgehead atoms. The van der Waals surface area contributed by atoms with Gasteiger partial charge in [0.2, 0.25) is 0 Å². The summed E-state index contributed by atoms with van der Waals surface area (Å²) < 4.78 is 37.1. The third-order valence-electron chi connectivity index (χ3n) is 2.65. The molecule has 7 heteroatoms. The number of sulfone groups is 1. The lowest BCUT2D eigenvalue weighted by Crippen LogP contribution is -2.02. The Morgan fingerprint density at radius 2 is 1.80 bits per heavy atom. The Kier molecular flexibility index (Phi) is 4.01. The lowest BCUT2D eigenvalue weighted by atomic mass is 10.2. The van der Waals surface area contributed by atoms with Gasteiger partial charge in [0.1, 0.15) is 5.82 Å². The first kappa shape index (κ1) is 14.8. The molecule has 0 aliphatic carbocycles. The molecule has 0 saturated carbocycles. The highest BCUT2D eigenvalue weighted by atomic mass is 79.9. The van der Waals surface area contributed by atoms with Crippen molar-refractivity contribution in [3.63, 3.8) is 0 Å². The molecule has 0 aliphatic rings. The van der Waals surface area contributed by atoms with Crippen LogP contribution in [0.3, 0.4) is 0 Å². The van der Waals surface area contributed by atoms with Crippen LogP contribution in [0.25, 0.3) is 0 Å². The van der Waals surface area contributed by atoms with Crippen molar-refractivity contribution < 1.29 is 12.8 Å². The topological polar surface area (TPSA) is 72.2 Å². The van der Waals surface area contributed by atoms with Gasteiger partial charge in [-0.3, -0.25) is 0 Å². The molecule has 4 nitrogen and oxygen atoms in total. The molecule has 2 rings (SSSR count). The number of anilines is 3. The normalized spacial score (nSPS) is 11.3. The van der Waals surface area contributed by atoms with E-state index in [9.17, 15) is 12.8 Å². The Morgan fingerprint density at radius 3 is 2.35 bits per heavy atom. The molecule has 0 radical (unpaired) electrons. The molecule has 0 fully saturated rings. The number of halogens is 2. The lowest BCUT2D eigenvalue weighted by Gasteiger charge is -2.11. The third kappa shape index (κ3) is 3.29. The lowest BCUT2D eigenvalue weighted by molar-refractivity contribution is 0.602. The Hall–Kier alpha value is -1.60. The van der Waals surface area contributed by atoms with Crippen LogP contribution in [-0.2, 0) is 9.84 Å². The maximum Gasteiger partial charge on any atom is 0.175 e. The summed E-state index contributed by atoms with van der Waals surface area (Å²) in [5.41, 5.74) is 6.72. The van der Waals surface area contributed by atoms with E-state index in [1.54, 1.807) is 12.1 Å². The van der Waals surface area contributed by atoms with E-state index < -0.39 is 15.7 Å². The van der Waals surface area contributed by atoms with Gasteiger partial charge in [-0.05, 0) is 36.4 Å². The first-order valence-corrected chi connectivity index (χ1v) is 8.27. The van der Waals surface area contributed by atoms with Crippen LogP contribution in [0.5, 0.6) is 0 Å². The molecule has 0 aliphatic heterocycles. The zero-order chi connectivity index (χ0) is 14.9. The van der Waals surface area contributed by atoms with E-state index in [0.29, 0.717) is 10.2 Å². The molecule has 0 saturated heterocycles. The Morgan fingerprint density at radius 1 is 1.15 bits per heavy atom. The summed E-state index contributed by atoms with van der Waals surface area (Å²) in [5.74, 6) is -0.439. The molecule has 0 unspecified atom stereocenters. The minimum atomic E-state index is -3.32. The van der Waals surface area contributed by atoms with Crippen molar-refractivity contribution in [1.82, 2.24) is 0 Å². The zero-order valence-electron chi connectivity index (χ0n) is 10.5. The Bertz CT molecular complexity index is 763. The van der Waals surface area contributed by atoms with E-state index in [2.05, 4.69) is 21.2 Å². The molecule has 0 amide bonds. The molecule has 0 aromatic heterocycles. The summed E-state index contributed by atoms with van der Waals surface area (Å²) >= 11 is 3.17. The molecule has 3 N–H and O–H groups in total. The van der Waals surface area contributed by atoms with Crippen LogP contribution in [0, 0.1) is 5.82 Å². The van der Waals surface area contributed by atoms with Gasteiger partial charge in [-0.15, -0.1) is 0 Å². The zero-order valence-corrected chi connectivity index (χ0v) is 12.9. The van der Waals surface area contributed by atoms with Gasteiger partial charge in [0.15, 0.2) is 9.84 Å². The van der Waals surface area contributed by atoms with Gasteiger partial charge in [0.25, 0.3) is 0 Å². The van der Waals surface area contributed by atoms with E-state index in [-0.39, 0.29) is 16.3 Å². The molecular formula is C13H12BrFN2O2S. The number of benzene rings is 2. The van der Waals surface area contributed by atoms with E-state index in [4.69, 9.17) is 5.73 Å². The van der Waals surface area contributed by atoms with Crippen LogP contribution in [0.15, 0.2) is 45.8 Å². The Labute approximate surface area is 124 Å². The van der Waals surface area contributed by atoms with Crippen LogP contribution in [0.1, 0.15) is 0 Å². The second-order valence-corrected chi connectivity index (χ2v) is 7.20. The van der Waals surface area contributed by atoms with Gasteiger partial charge >= 0.3 is 0 Å². The Balaban J connectivity index is 2.35. The molecule has 2 aromatic carbocycles. The standard InChI is InChI=1S/C13H12BrFN2O2S/c1-20(18,19)9-3-5-13(11(16)7-9)17-12-4-2-8(14)6-10(12)15/h2-7,17H,16H2,1H3. The minimum absolute atomic E-state index is 0.122. The first-order valence-electron chi connectivity index (χ1n) is 5.59. The molecule has 20 heavy (non-hydrogen) atoms. The van der Waals surface area contributed by atoms with Crippen molar-refractivity contribution in [1.29, 1.82) is 0 Å². The number of nitrogens with two attached hydrogens (primary N) is 1. The van der Waals surface area contributed by atoms with E-state index in [0.717, 1.165) is 6.26 Å². The van der Waals surface area contributed by atoms with Crippen molar-refractivity contribution in [2.75, 3.05) is 17.3 Å². The number of rotatable bonds is 3. The van der Waals surface area contributed by atoms with Gasteiger partial charge in [-0.25, -0.2) is 12.8 Å². The van der Waals surface area contributed by atoms with Crippen LogP contribution in [0.2, 0.25) is 0 Å².